The lowest BCUT2D eigenvalue weighted by Gasteiger charge is -2.21. The van der Waals surface area contributed by atoms with Crippen molar-refractivity contribution in [2.75, 3.05) is 7.05 Å². The van der Waals surface area contributed by atoms with Crippen molar-refractivity contribution >= 4 is 17.5 Å². The first-order valence-electron chi connectivity index (χ1n) is 8.91. The van der Waals surface area contributed by atoms with Crippen molar-refractivity contribution < 1.29 is 14.1 Å². The van der Waals surface area contributed by atoms with Gasteiger partial charge in [0.2, 0.25) is 11.7 Å². The molecule has 0 aliphatic heterocycles. The Hall–Kier alpha value is -2.86. The highest BCUT2D eigenvalue weighted by atomic mass is 35.5. The highest BCUT2D eigenvalue weighted by Gasteiger charge is 2.22. The summed E-state index contributed by atoms with van der Waals surface area (Å²) in [5.74, 6) is 1.19. The van der Waals surface area contributed by atoms with Crippen LogP contribution in [-0.4, -0.2) is 34.1 Å². The second-order valence-corrected chi connectivity index (χ2v) is 7.10. The van der Waals surface area contributed by atoms with Gasteiger partial charge in [-0.3, -0.25) is 4.79 Å². The van der Waals surface area contributed by atoms with Crippen molar-refractivity contribution in [2.24, 2.45) is 0 Å². The molecule has 146 valence electrons. The predicted molar refractivity (Wildman–Crippen MR) is 107 cm³/mol. The summed E-state index contributed by atoms with van der Waals surface area (Å²) >= 11 is 6.16. The van der Waals surface area contributed by atoms with Crippen LogP contribution < -0.4 is 4.74 Å². The number of ether oxygens (including phenoxy) is 1. The second kappa shape index (κ2) is 8.44. The van der Waals surface area contributed by atoms with E-state index in [-0.39, 0.29) is 12.5 Å². The van der Waals surface area contributed by atoms with Crippen molar-refractivity contribution in [1.29, 1.82) is 0 Å². The highest BCUT2D eigenvalue weighted by molar-refractivity contribution is 6.33. The fourth-order valence-corrected chi connectivity index (χ4v) is 2.92. The Labute approximate surface area is 169 Å². The number of rotatable bonds is 6. The summed E-state index contributed by atoms with van der Waals surface area (Å²) in [6.07, 6.45) is -0.641. The van der Waals surface area contributed by atoms with Gasteiger partial charge in [0.1, 0.15) is 5.75 Å². The van der Waals surface area contributed by atoms with Gasteiger partial charge in [-0.15, -0.1) is 0 Å². The van der Waals surface area contributed by atoms with Crippen molar-refractivity contribution in [3.05, 3.63) is 64.5 Å². The molecule has 1 aromatic heterocycles. The van der Waals surface area contributed by atoms with Gasteiger partial charge in [-0.25, -0.2) is 0 Å². The van der Waals surface area contributed by atoms with Crippen LogP contribution in [0.1, 0.15) is 23.9 Å². The normalized spacial score (nSPS) is 11.9. The average molecular weight is 400 g/mol. The standard InChI is InChI=1S/C21H22ClN3O3/c1-13-9-10-16(11-14(13)2)27-15(3)21(26)25(4)12-19-23-20(24-28-19)17-7-5-6-8-18(17)22/h5-11,15H,12H2,1-4H3. The topological polar surface area (TPSA) is 68.5 Å². The number of likely N-dealkylation sites (N-methyl/N-ethyl adjacent to an activating group) is 1. The summed E-state index contributed by atoms with van der Waals surface area (Å²) in [5, 5.41) is 4.49. The third-order valence-electron chi connectivity index (χ3n) is 4.47. The first kappa shape index (κ1) is 19.9. The van der Waals surface area contributed by atoms with Gasteiger partial charge < -0.3 is 14.2 Å². The maximum atomic E-state index is 12.6. The van der Waals surface area contributed by atoms with Crippen molar-refractivity contribution in [1.82, 2.24) is 15.0 Å². The zero-order chi connectivity index (χ0) is 20.3. The van der Waals surface area contributed by atoms with Crippen LogP contribution in [0.3, 0.4) is 0 Å². The molecular formula is C21H22ClN3O3. The summed E-state index contributed by atoms with van der Waals surface area (Å²) in [6, 6.07) is 13.0. The maximum Gasteiger partial charge on any atom is 0.263 e. The van der Waals surface area contributed by atoms with E-state index in [4.69, 9.17) is 20.9 Å². The first-order valence-corrected chi connectivity index (χ1v) is 9.29. The fourth-order valence-electron chi connectivity index (χ4n) is 2.70. The number of benzene rings is 2. The molecule has 7 heteroatoms. The minimum absolute atomic E-state index is 0.177. The first-order chi connectivity index (χ1) is 13.3. The van der Waals surface area contributed by atoms with E-state index in [0.717, 1.165) is 5.56 Å². The number of carbonyl (C=O) groups is 1. The minimum Gasteiger partial charge on any atom is -0.481 e. The molecule has 3 aromatic rings. The molecule has 6 nitrogen and oxygen atoms in total. The lowest BCUT2D eigenvalue weighted by atomic mass is 10.1. The van der Waals surface area contributed by atoms with Crippen LogP contribution in [0, 0.1) is 13.8 Å². The number of amides is 1. The Bertz CT molecular complexity index is 987. The molecule has 1 unspecified atom stereocenters. The van der Waals surface area contributed by atoms with Gasteiger partial charge in [-0.05, 0) is 56.2 Å². The number of carbonyl (C=O) groups excluding carboxylic acids is 1. The molecule has 0 saturated heterocycles. The lowest BCUT2D eigenvalue weighted by Crippen LogP contribution is -2.37. The van der Waals surface area contributed by atoms with Crippen molar-refractivity contribution in [2.45, 2.75) is 33.4 Å². The molecule has 0 aliphatic rings. The molecule has 1 atom stereocenters. The zero-order valence-corrected chi connectivity index (χ0v) is 17.0. The maximum absolute atomic E-state index is 12.6. The van der Waals surface area contributed by atoms with Crippen LogP contribution in [0.15, 0.2) is 47.0 Å². The van der Waals surface area contributed by atoms with Crippen LogP contribution in [0.4, 0.5) is 0 Å². The Kier molecular flexibility index (Phi) is 5.99. The van der Waals surface area contributed by atoms with Crippen LogP contribution >= 0.6 is 11.6 Å². The van der Waals surface area contributed by atoms with Gasteiger partial charge in [0, 0.05) is 12.6 Å². The molecule has 0 radical (unpaired) electrons. The molecule has 0 aliphatic carbocycles. The molecule has 0 fully saturated rings. The second-order valence-electron chi connectivity index (χ2n) is 6.69. The Morgan fingerprint density at radius 1 is 1.21 bits per heavy atom. The molecule has 2 aromatic carbocycles. The Morgan fingerprint density at radius 2 is 1.96 bits per heavy atom. The molecule has 1 amide bonds. The van der Waals surface area contributed by atoms with Gasteiger partial charge in [0.25, 0.3) is 5.91 Å². The van der Waals surface area contributed by atoms with Crippen LogP contribution in [0.2, 0.25) is 5.02 Å². The number of hydrogen-bond donors (Lipinski definition) is 0. The third-order valence-corrected chi connectivity index (χ3v) is 4.80. The van der Waals surface area contributed by atoms with E-state index in [1.165, 1.54) is 10.5 Å². The van der Waals surface area contributed by atoms with E-state index in [9.17, 15) is 4.79 Å². The van der Waals surface area contributed by atoms with E-state index in [1.807, 2.05) is 50.2 Å². The number of aromatic nitrogens is 2. The van der Waals surface area contributed by atoms with E-state index in [0.29, 0.717) is 28.1 Å². The van der Waals surface area contributed by atoms with Gasteiger partial charge in [0.05, 0.1) is 11.6 Å². The molecular weight excluding hydrogens is 378 g/mol. The molecule has 0 spiro atoms. The van der Waals surface area contributed by atoms with E-state index >= 15 is 0 Å². The summed E-state index contributed by atoms with van der Waals surface area (Å²) in [4.78, 5) is 18.5. The van der Waals surface area contributed by atoms with Crippen LogP contribution in [0.5, 0.6) is 5.75 Å². The van der Waals surface area contributed by atoms with E-state index in [2.05, 4.69) is 10.1 Å². The summed E-state index contributed by atoms with van der Waals surface area (Å²) < 4.78 is 11.1. The Balaban J connectivity index is 1.64. The summed E-state index contributed by atoms with van der Waals surface area (Å²) in [5.41, 5.74) is 2.97. The SMILES string of the molecule is Cc1ccc(OC(C)C(=O)N(C)Cc2nc(-c3ccccc3Cl)no2)cc1C. The van der Waals surface area contributed by atoms with Crippen molar-refractivity contribution in [3.63, 3.8) is 0 Å². The van der Waals surface area contributed by atoms with E-state index in [1.54, 1.807) is 20.0 Å². The quantitative estimate of drug-likeness (QED) is 0.613. The smallest absolute Gasteiger partial charge is 0.263 e. The van der Waals surface area contributed by atoms with E-state index < -0.39 is 6.10 Å². The largest absolute Gasteiger partial charge is 0.481 e. The molecule has 0 bridgehead atoms. The van der Waals surface area contributed by atoms with Gasteiger partial charge >= 0.3 is 0 Å². The molecule has 0 saturated carbocycles. The number of hydrogen-bond acceptors (Lipinski definition) is 5. The minimum atomic E-state index is -0.641. The lowest BCUT2D eigenvalue weighted by molar-refractivity contribution is -0.137. The van der Waals surface area contributed by atoms with Crippen molar-refractivity contribution in [3.8, 4) is 17.1 Å². The van der Waals surface area contributed by atoms with Gasteiger partial charge in [-0.1, -0.05) is 35.0 Å². The Morgan fingerprint density at radius 3 is 2.68 bits per heavy atom. The molecule has 1 heterocycles. The average Bonchev–Trinajstić information content (AvgIpc) is 3.12. The molecule has 28 heavy (non-hydrogen) atoms. The molecule has 3 rings (SSSR count). The number of halogens is 1. The van der Waals surface area contributed by atoms with Crippen LogP contribution in [-0.2, 0) is 11.3 Å². The third kappa shape index (κ3) is 4.51. The number of aryl methyl sites for hydroxylation is 2. The molecule has 0 N–H and O–H groups in total. The summed E-state index contributed by atoms with van der Waals surface area (Å²) in [6.45, 7) is 5.93. The van der Waals surface area contributed by atoms with Crippen LogP contribution in [0.25, 0.3) is 11.4 Å². The predicted octanol–water partition coefficient (Wildman–Crippen LogP) is 4.43. The number of nitrogens with zero attached hydrogens (tertiary/aromatic N) is 3. The highest BCUT2D eigenvalue weighted by Crippen LogP contribution is 2.25. The summed E-state index contributed by atoms with van der Waals surface area (Å²) in [7, 11) is 1.67. The fraction of sp³-hybridized carbons (Fsp3) is 0.286. The zero-order valence-electron chi connectivity index (χ0n) is 16.3. The monoisotopic (exact) mass is 399 g/mol. The van der Waals surface area contributed by atoms with Gasteiger partial charge in [0.15, 0.2) is 6.10 Å². The van der Waals surface area contributed by atoms with Gasteiger partial charge in [-0.2, -0.15) is 4.98 Å².